The molecule has 0 fully saturated rings. The Kier molecular flexibility index (Phi) is 9.22. The Bertz CT molecular complexity index is 1120. The standard InChI is InChI=1S/C22H16ClI3N2O3/c1-30-20-10-14(6-7-17(20)24)22(29)28-27-11-13-8-18(25)21(19(26)9-13)31-12-15-4-2-3-5-16(15)23/h2-11H,12H2,1H3,(H,28,29)/b27-11-. The highest BCUT2D eigenvalue weighted by Gasteiger charge is 2.11. The lowest BCUT2D eigenvalue weighted by Crippen LogP contribution is -2.17. The van der Waals surface area contributed by atoms with E-state index >= 15 is 0 Å². The van der Waals surface area contributed by atoms with Crippen LogP contribution in [0.3, 0.4) is 0 Å². The monoisotopic (exact) mass is 772 g/mol. The van der Waals surface area contributed by atoms with Crippen LogP contribution in [-0.2, 0) is 6.61 Å². The predicted molar refractivity (Wildman–Crippen MR) is 148 cm³/mol. The largest absolute Gasteiger partial charge is 0.496 e. The van der Waals surface area contributed by atoms with Crippen LogP contribution >= 0.6 is 79.4 Å². The number of carbonyl (C=O) groups is 1. The minimum Gasteiger partial charge on any atom is -0.496 e. The van der Waals surface area contributed by atoms with E-state index in [0.717, 1.165) is 27.6 Å². The van der Waals surface area contributed by atoms with Gasteiger partial charge < -0.3 is 9.47 Å². The zero-order valence-electron chi connectivity index (χ0n) is 16.2. The van der Waals surface area contributed by atoms with Crippen LogP contribution in [0.4, 0.5) is 0 Å². The second kappa shape index (κ2) is 11.7. The first-order valence-electron chi connectivity index (χ1n) is 8.91. The van der Waals surface area contributed by atoms with Crippen molar-refractivity contribution in [2.75, 3.05) is 7.11 Å². The summed E-state index contributed by atoms with van der Waals surface area (Å²) in [6.45, 7) is 0.384. The van der Waals surface area contributed by atoms with Gasteiger partial charge in [0.15, 0.2) is 0 Å². The highest BCUT2D eigenvalue weighted by molar-refractivity contribution is 14.1. The fraction of sp³-hybridized carbons (Fsp3) is 0.0909. The number of ether oxygens (including phenoxy) is 2. The number of amides is 1. The van der Waals surface area contributed by atoms with Crippen LogP contribution in [0.2, 0.25) is 5.02 Å². The van der Waals surface area contributed by atoms with Gasteiger partial charge in [-0.25, -0.2) is 5.43 Å². The molecular formula is C22H16ClI3N2O3. The Labute approximate surface area is 226 Å². The molecule has 5 nitrogen and oxygen atoms in total. The number of nitrogens with one attached hydrogen (secondary N) is 1. The van der Waals surface area contributed by atoms with Crippen molar-refractivity contribution in [2.45, 2.75) is 6.61 Å². The Morgan fingerprint density at radius 1 is 1.06 bits per heavy atom. The molecule has 1 N–H and O–H groups in total. The summed E-state index contributed by atoms with van der Waals surface area (Å²) in [6.07, 6.45) is 1.60. The third-order valence-electron chi connectivity index (χ3n) is 4.14. The van der Waals surface area contributed by atoms with Crippen molar-refractivity contribution in [3.8, 4) is 11.5 Å². The van der Waals surface area contributed by atoms with Gasteiger partial charge in [0.2, 0.25) is 0 Å². The highest BCUT2D eigenvalue weighted by atomic mass is 127. The van der Waals surface area contributed by atoms with Gasteiger partial charge in [0.25, 0.3) is 5.91 Å². The van der Waals surface area contributed by atoms with E-state index in [0.29, 0.717) is 22.9 Å². The first kappa shape index (κ1) is 24.5. The number of hydrogen-bond acceptors (Lipinski definition) is 4. The lowest BCUT2D eigenvalue weighted by atomic mass is 10.2. The maximum absolute atomic E-state index is 12.3. The molecule has 0 atom stereocenters. The van der Waals surface area contributed by atoms with Crippen molar-refractivity contribution in [3.63, 3.8) is 0 Å². The van der Waals surface area contributed by atoms with Crippen molar-refractivity contribution in [2.24, 2.45) is 5.10 Å². The summed E-state index contributed by atoms with van der Waals surface area (Å²) >= 11 is 12.8. The van der Waals surface area contributed by atoms with Gasteiger partial charge in [-0.15, -0.1) is 0 Å². The summed E-state index contributed by atoms with van der Waals surface area (Å²) in [5.41, 5.74) is 4.79. The van der Waals surface area contributed by atoms with E-state index < -0.39 is 0 Å². The Balaban J connectivity index is 1.66. The third-order valence-corrected chi connectivity index (χ3v) is 7.01. The van der Waals surface area contributed by atoms with Crippen molar-refractivity contribution < 1.29 is 14.3 Å². The van der Waals surface area contributed by atoms with Gasteiger partial charge in [-0.2, -0.15) is 5.10 Å². The lowest BCUT2D eigenvalue weighted by molar-refractivity contribution is 0.0954. The van der Waals surface area contributed by atoms with Crippen molar-refractivity contribution in [1.82, 2.24) is 5.43 Å². The van der Waals surface area contributed by atoms with E-state index in [-0.39, 0.29) is 5.91 Å². The molecule has 1 amide bonds. The summed E-state index contributed by atoms with van der Waals surface area (Å²) in [5.74, 6) is 1.12. The van der Waals surface area contributed by atoms with Gasteiger partial charge in [0.1, 0.15) is 18.1 Å². The molecule has 3 aromatic carbocycles. The molecule has 0 bridgehead atoms. The van der Waals surface area contributed by atoms with Crippen LogP contribution in [0.15, 0.2) is 59.7 Å². The van der Waals surface area contributed by atoms with Crippen LogP contribution in [0, 0.1) is 10.7 Å². The van der Waals surface area contributed by atoms with E-state index in [4.69, 9.17) is 21.1 Å². The molecule has 9 heteroatoms. The Hall–Kier alpha value is -1.12. The van der Waals surface area contributed by atoms with E-state index in [2.05, 4.69) is 78.3 Å². The van der Waals surface area contributed by atoms with E-state index in [1.807, 2.05) is 42.5 Å². The molecule has 160 valence electrons. The molecule has 31 heavy (non-hydrogen) atoms. The number of halogens is 4. The maximum Gasteiger partial charge on any atom is 0.271 e. The van der Waals surface area contributed by atoms with Gasteiger partial charge >= 0.3 is 0 Å². The van der Waals surface area contributed by atoms with Gasteiger partial charge in [-0.1, -0.05) is 29.8 Å². The second-order valence-electron chi connectivity index (χ2n) is 6.24. The quantitative estimate of drug-likeness (QED) is 0.170. The Morgan fingerprint density at radius 2 is 1.77 bits per heavy atom. The Morgan fingerprint density at radius 3 is 2.45 bits per heavy atom. The summed E-state index contributed by atoms with van der Waals surface area (Å²) in [7, 11) is 1.57. The first-order chi connectivity index (χ1) is 14.9. The smallest absolute Gasteiger partial charge is 0.271 e. The molecule has 0 heterocycles. The molecule has 0 spiro atoms. The fourth-order valence-electron chi connectivity index (χ4n) is 2.59. The molecule has 3 aromatic rings. The normalized spacial score (nSPS) is 10.9. The number of methoxy groups -OCH3 is 1. The minimum atomic E-state index is -0.310. The van der Waals surface area contributed by atoms with Crippen LogP contribution in [-0.4, -0.2) is 19.2 Å². The average molecular weight is 773 g/mol. The lowest BCUT2D eigenvalue weighted by Gasteiger charge is -2.12. The van der Waals surface area contributed by atoms with Crippen LogP contribution < -0.4 is 14.9 Å². The van der Waals surface area contributed by atoms with Gasteiger partial charge in [0, 0.05) is 16.1 Å². The summed E-state index contributed by atoms with van der Waals surface area (Å²) in [4.78, 5) is 12.3. The molecule has 0 aliphatic rings. The number of nitrogens with zero attached hydrogens (tertiary/aromatic N) is 1. The van der Waals surface area contributed by atoms with E-state index in [1.165, 1.54) is 0 Å². The van der Waals surface area contributed by atoms with Crippen molar-refractivity contribution in [3.05, 3.63) is 87.0 Å². The average Bonchev–Trinajstić information content (AvgIpc) is 2.74. The summed E-state index contributed by atoms with van der Waals surface area (Å²) in [5, 5.41) is 4.76. The molecule has 0 radical (unpaired) electrons. The maximum atomic E-state index is 12.3. The number of hydrazone groups is 1. The third kappa shape index (κ3) is 6.68. The zero-order chi connectivity index (χ0) is 22.4. The zero-order valence-corrected chi connectivity index (χ0v) is 23.4. The first-order valence-corrected chi connectivity index (χ1v) is 12.5. The fourth-order valence-corrected chi connectivity index (χ4v) is 5.46. The molecule has 0 aliphatic heterocycles. The van der Waals surface area contributed by atoms with E-state index in [1.54, 1.807) is 25.5 Å². The highest BCUT2D eigenvalue weighted by Crippen LogP contribution is 2.30. The van der Waals surface area contributed by atoms with Crippen LogP contribution in [0.25, 0.3) is 0 Å². The van der Waals surface area contributed by atoms with Crippen LogP contribution in [0.1, 0.15) is 21.5 Å². The number of rotatable bonds is 7. The van der Waals surface area contributed by atoms with Crippen LogP contribution in [0.5, 0.6) is 11.5 Å². The van der Waals surface area contributed by atoms with Gasteiger partial charge in [0.05, 0.1) is 24.0 Å². The summed E-state index contributed by atoms with van der Waals surface area (Å²) in [6, 6.07) is 16.7. The molecule has 3 rings (SSSR count). The van der Waals surface area contributed by atoms with E-state index in [9.17, 15) is 4.79 Å². The topological polar surface area (TPSA) is 59.9 Å². The molecule has 0 aliphatic carbocycles. The SMILES string of the molecule is COc1cc(C(=O)N/N=C\c2cc(I)c(OCc3ccccc3Cl)c(I)c2)ccc1I. The predicted octanol–water partition coefficient (Wildman–Crippen LogP) is 6.51. The van der Waals surface area contributed by atoms with Gasteiger partial charge in [-0.3, -0.25) is 4.79 Å². The number of hydrogen-bond donors (Lipinski definition) is 1. The van der Waals surface area contributed by atoms with Crippen molar-refractivity contribution >= 4 is 91.5 Å². The molecule has 0 saturated heterocycles. The summed E-state index contributed by atoms with van der Waals surface area (Å²) < 4.78 is 14.1. The molecule has 0 aromatic heterocycles. The second-order valence-corrected chi connectivity index (χ2v) is 10.1. The van der Waals surface area contributed by atoms with Crippen molar-refractivity contribution in [1.29, 1.82) is 0 Å². The minimum absolute atomic E-state index is 0.310. The molecule has 0 unspecified atom stereocenters. The number of benzene rings is 3. The number of carbonyl (C=O) groups excluding carboxylic acids is 1. The molecular weight excluding hydrogens is 756 g/mol. The van der Waals surface area contributed by atoms with Gasteiger partial charge in [-0.05, 0) is 110 Å². The molecule has 0 saturated carbocycles.